The van der Waals surface area contributed by atoms with Crippen molar-refractivity contribution in [3.05, 3.63) is 36.7 Å². The maximum atomic E-state index is 4.34. The second-order valence-corrected chi connectivity index (χ2v) is 2.98. The van der Waals surface area contributed by atoms with E-state index in [2.05, 4.69) is 20.2 Å². The topological polar surface area (TPSA) is 51.6 Å². The Balaban J connectivity index is 2.55. The number of hydrogen-bond acceptors (Lipinski definition) is 4. The molecule has 66 valence electrons. The molecule has 0 fully saturated rings. The van der Waals surface area contributed by atoms with Crippen LogP contribution >= 0.6 is 0 Å². The Hall–Kier alpha value is -2.10. The molecule has 0 unspecified atom stereocenters. The summed E-state index contributed by atoms with van der Waals surface area (Å²) in [5.74, 6) is 0. The van der Waals surface area contributed by atoms with Gasteiger partial charge in [0.15, 0.2) is 5.65 Å². The van der Waals surface area contributed by atoms with Gasteiger partial charge in [-0.25, -0.2) is 4.98 Å². The summed E-state index contributed by atoms with van der Waals surface area (Å²) in [5, 5.41) is 8.63. The Bertz CT molecular complexity index is 556. The van der Waals surface area contributed by atoms with Crippen LogP contribution in [-0.4, -0.2) is 20.2 Å². The third kappa shape index (κ3) is 1.01. The number of hydrogen-bond donors (Lipinski definition) is 0. The van der Waals surface area contributed by atoms with E-state index < -0.39 is 0 Å². The van der Waals surface area contributed by atoms with Crippen molar-refractivity contribution in [1.82, 2.24) is 20.2 Å². The first-order valence-electron chi connectivity index (χ1n) is 4.27. The fraction of sp³-hybridized carbons (Fsp3) is 0. The highest BCUT2D eigenvalue weighted by Crippen LogP contribution is 2.14. The molecule has 4 nitrogen and oxygen atoms in total. The van der Waals surface area contributed by atoms with Gasteiger partial charge in [-0.1, -0.05) is 6.07 Å². The van der Waals surface area contributed by atoms with Gasteiger partial charge < -0.3 is 0 Å². The molecule has 3 aromatic rings. The molecule has 0 radical (unpaired) electrons. The van der Waals surface area contributed by atoms with Crippen LogP contribution in [0.25, 0.3) is 22.1 Å². The van der Waals surface area contributed by atoms with Gasteiger partial charge in [-0.3, -0.25) is 4.98 Å². The summed E-state index contributed by atoms with van der Waals surface area (Å²) < 4.78 is 0. The molecule has 0 N–H and O–H groups in total. The predicted molar refractivity (Wildman–Crippen MR) is 52.6 cm³/mol. The summed E-state index contributed by atoms with van der Waals surface area (Å²) in [5.41, 5.74) is 2.37. The summed E-state index contributed by atoms with van der Waals surface area (Å²) in [7, 11) is 0. The highest BCUT2D eigenvalue weighted by atomic mass is 15.1. The second kappa shape index (κ2) is 2.70. The van der Waals surface area contributed by atoms with Crippen molar-refractivity contribution in [2.75, 3.05) is 0 Å². The molecule has 3 rings (SSSR count). The second-order valence-electron chi connectivity index (χ2n) is 2.98. The monoisotopic (exact) mass is 182 g/mol. The molecule has 0 bridgehead atoms. The van der Waals surface area contributed by atoms with Crippen molar-refractivity contribution in [2.45, 2.75) is 0 Å². The number of aromatic nitrogens is 4. The van der Waals surface area contributed by atoms with Crippen molar-refractivity contribution in [2.24, 2.45) is 0 Å². The van der Waals surface area contributed by atoms with Crippen molar-refractivity contribution in [3.8, 4) is 0 Å². The first-order chi connectivity index (χ1) is 6.93. The van der Waals surface area contributed by atoms with Gasteiger partial charge in [0, 0.05) is 11.6 Å². The van der Waals surface area contributed by atoms with E-state index in [1.807, 2.05) is 24.3 Å². The van der Waals surface area contributed by atoms with Crippen molar-refractivity contribution >= 4 is 22.1 Å². The van der Waals surface area contributed by atoms with Crippen LogP contribution in [0.15, 0.2) is 36.7 Å². The highest BCUT2D eigenvalue weighted by molar-refractivity contribution is 5.87. The van der Waals surface area contributed by atoms with Gasteiger partial charge in [-0.2, -0.15) is 5.10 Å². The molecule has 0 aliphatic carbocycles. The van der Waals surface area contributed by atoms with Crippen LogP contribution < -0.4 is 0 Å². The van der Waals surface area contributed by atoms with E-state index in [9.17, 15) is 0 Å². The Kier molecular flexibility index (Phi) is 1.41. The molecule has 0 saturated heterocycles. The van der Waals surface area contributed by atoms with E-state index in [-0.39, 0.29) is 0 Å². The minimum absolute atomic E-state index is 0.672. The summed E-state index contributed by atoms with van der Waals surface area (Å²) in [6.07, 6.45) is 3.44. The largest absolute Gasteiger partial charge is 0.255 e. The molecule has 0 spiro atoms. The van der Waals surface area contributed by atoms with Crippen molar-refractivity contribution in [1.29, 1.82) is 0 Å². The van der Waals surface area contributed by atoms with E-state index >= 15 is 0 Å². The van der Waals surface area contributed by atoms with E-state index in [0.717, 1.165) is 16.4 Å². The van der Waals surface area contributed by atoms with Crippen LogP contribution in [-0.2, 0) is 0 Å². The molecular formula is C10H6N4. The number of nitrogens with zero attached hydrogens (tertiary/aromatic N) is 4. The van der Waals surface area contributed by atoms with Crippen LogP contribution in [0.5, 0.6) is 0 Å². The molecule has 3 aromatic heterocycles. The van der Waals surface area contributed by atoms with Gasteiger partial charge in [0.2, 0.25) is 0 Å². The summed E-state index contributed by atoms with van der Waals surface area (Å²) >= 11 is 0. The lowest BCUT2D eigenvalue weighted by atomic mass is 10.3. The molecule has 0 atom stereocenters. The minimum atomic E-state index is 0.672. The zero-order valence-corrected chi connectivity index (χ0v) is 7.25. The molecule has 0 aliphatic heterocycles. The van der Waals surface area contributed by atoms with Crippen molar-refractivity contribution < 1.29 is 0 Å². The summed E-state index contributed by atoms with van der Waals surface area (Å²) in [6, 6.07) is 7.64. The smallest absolute Gasteiger partial charge is 0.184 e. The first-order valence-corrected chi connectivity index (χ1v) is 4.27. The third-order valence-corrected chi connectivity index (χ3v) is 2.05. The molecule has 4 heteroatoms. The lowest BCUT2D eigenvalue weighted by molar-refractivity contribution is 1.10. The lowest BCUT2D eigenvalue weighted by Gasteiger charge is -1.89. The van der Waals surface area contributed by atoms with E-state index in [0.29, 0.717) is 5.65 Å². The Morgan fingerprint density at radius 2 is 2.07 bits per heavy atom. The molecule has 0 aliphatic rings. The van der Waals surface area contributed by atoms with Gasteiger partial charge >= 0.3 is 0 Å². The predicted octanol–water partition coefficient (Wildman–Crippen LogP) is 1.57. The maximum absolute atomic E-state index is 4.34. The normalized spacial score (nSPS) is 10.9. The van der Waals surface area contributed by atoms with Crippen LogP contribution in [0, 0.1) is 0 Å². The number of rotatable bonds is 0. The quantitative estimate of drug-likeness (QED) is 0.529. The van der Waals surface area contributed by atoms with Crippen LogP contribution in [0.4, 0.5) is 0 Å². The van der Waals surface area contributed by atoms with Gasteiger partial charge in [-0.15, -0.1) is 5.10 Å². The standard InChI is InChI=1S/C10H6N4/c1-2-4-11-9-5-7-6-12-14-10(7)13-8(9)3-1/h1-6H. The van der Waals surface area contributed by atoms with E-state index in [1.165, 1.54) is 0 Å². The SMILES string of the molecule is c1ccc2nc3nncc3cc2nc1. The Morgan fingerprint density at radius 3 is 3.07 bits per heavy atom. The van der Waals surface area contributed by atoms with E-state index in [4.69, 9.17) is 0 Å². The highest BCUT2D eigenvalue weighted by Gasteiger charge is 2.00. The molecule has 0 saturated carbocycles. The van der Waals surface area contributed by atoms with Gasteiger partial charge in [-0.05, 0) is 18.2 Å². The minimum Gasteiger partial charge on any atom is -0.255 e. The average Bonchev–Trinajstić information content (AvgIpc) is 2.51. The molecule has 3 heterocycles. The number of fused-ring (bicyclic) bond motifs is 2. The van der Waals surface area contributed by atoms with Crippen LogP contribution in [0.1, 0.15) is 0 Å². The lowest BCUT2D eigenvalue weighted by Crippen LogP contribution is -1.79. The van der Waals surface area contributed by atoms with Crippen LogP contribution in [0.2, 0.25) is 0 Å². The zero-order chi connectivity index (χ0) is 9.38. The fourth-order valence-corrected chi connectivity index (χ4v) is 1.39. The fourth-order valence-electron chi connectivity index (χ4n) is 1.39. The van der Waals surface area contributed by atoms with Gasteiger partial charge in [0.1, 0.15) is 0 Å². The first kappa shape index (κ1) is 7.32. The Labute approximate surface area is 79.6 Å². The summed E-state index contributed by atoms with van der Waals surface area (Å²) in [4.78, 5) is 8.60. The average molecular weight is 182 g/mol. The number of pyridine rings is 1. The molecule has 0 aromatic carbocycles. The molecule has 0 amide bonds. The van der Waals surface area contributed by atoms with E-state index in [1.54, 1.807) is 12.4 Å². The molecular weight excluding hydrogens is 176 g/mol. The molecule has 14 heavy (non-hydrogen) atoms. The van der Waals surface area contributed by atoms with Gasteiger partial charge in [0.25, 0.3) is 0 Å². The van der Waals surface area contributed by atoms with Crippen molar-refractivity contribution in [3.63, 3.8) is 0 Å². The Morgan fingerprint density at radius 1 is 1.07 bits per heavy atom. The van der Waals surface area contributed by atoms with Crippen LogP contribution in [0.3, 0.4) is 0 Å². The maximum Gasteiger partial charge on any atom is 0.184 e. The van der Waals surface area contributed by atoms with Gasteiger partial charge in [0.05, 0.1) is 17.2 Å². The zero-order valence-electron chi connectivity index (χ0n) is 7.25. The third-order valence-electron chi connectivity index (χ3n) is 2.05. The summed E-state index contributed by atoms with van der Waals surface area (Å²) in [6.45, 7) is 0.